The molecule has 21 heavy (non-hydrogen) atoms. The molecule has 0 saturated carbocycles. The third-order valence-electron chi connectivity index (χ3n) is 3.70. The van der Waals surface area contributed by atoms with Crippen LogP contribution in [0, 0.1) is 6.92 Å². The van der Waals surface area contributed by atoms with Gasteiger partial charge in [-0.1, -0.05) is 6.08 Å². The molecule has 0 radical (unpaired) electrons. The first-order chi connectivity index (χ1) is 10.2. The fourth-order valence-corrected chi connectivity index (χ4v) is 3.45. The number of nitrogen functional groups attached to an aromatic ring is 1. The fraction of sp³-hybridized carbons (Fsp3) is 0.375. The highest BCUT2D eigenvalue weighted by Gasteiger charge is 2.16. The Kier molecular flexibility index (Phi) is 4.31. The van der Waals surface area contributed by atoms with Crippen molar-refractivity contribution in [2.75, 3.05) is 25.4 Å². The zero-order chi connectivity index (χ0) is 14.7. The molecule has 1 aliphatic heterocycles. The minimum atomic E-state index is 0.707. The molecule has 3 heterocycles. The Morgan fingerprint density at radius 2 is 2.24 bits per heavy atom. The number of nitrogens with two attached hydrogens (primary N) is 1. The lowest BCUT2D eigenvalue weighted by Crippen LogP contribution is -2.26. The number of nitrogens with zero attached hydrogens (tertiary/aromatic N) is 3. The first kappa shape index (κ1) is 14.2. The van der Waals surface area contributed by atoms with Gasteiger partial charge in [0.25, 0.3) is 0 Å². The summed E-state index contributed by atoms with van der Waals surface area (Å²) in [7, 11) is 0. The Bertz CT molecular complexity index is 622. The Morgan fingerprint density at radius 3 is 3.10 bits per heavy atom. The van der Waals surface area contributed by atoms with E-state index in [4.69, 9.17) is 5.73 Å². The Labute approximate surface area is 129 Å². The molecular formula is C16H20N4S. The maximum Gasteiger partial charge on any atom is 0.180 e. The van der Waals surface area contributed by atoms with Crippen molar-refractivity contribution in [2.45, 2.75) is 19.8 Å². The molecular weight excluding hydrogens is 280 g/mol. The zero-order valence-electron chi connectivity index (χ0n) is 12.2. The van der Waals surface area contributed by atoms with Gasteiger partial charge in [0.1, 0.15) is 0 Å². The Morgan fingerprint density at radius 1 is 1.38 bits per heavy atom. The van der Waals surface area contributed by atoms with E-state index in [0.717, 1.165) is 38.2 Å². The molecule has 5 heteroatoms. The summed E-state index contributed by atoms with van der Waals surface area (Å²) < 4.78 is 0. The molecule has 0 atom stereocenters. The molecule has 0 bridgehead atoms. The first-order valence-corrected chi connectivity index (χ1v) is 8.08. The lowest BCUT2D eigenvalue weighted by molar-refractivity contribution is 0.318. The van der Waals surface area contributed by atoms with Crippen LogP contribution >= 0.6 is 11.3 Å². The number of thiazole rings is 1. The second-order valence-corrected chi connectivity index (χ2v) is 6.50. The lowest BCUT2D eigenvalue weighted by atomic mass is 10.2. The molecule has 0 unspecified atom stereocenters. The van der Waals surface area contributed by atoms with Crippen LogP contribution in [-0.2, 0) is 12.8 Å². The van der Waals surface area contributed by atoms with Gasteiger partial charge in [-0.3, -0.25) is 9.88 Å². The normalized spacial score (nSPS) is 16.0. The van der Waals surface area contributed by atoms with Gasteiger partial charge in [-0.15, -0.1) is 11.3 Å². The van der Waals surface area contributed by atoms with Crippen molar-refractivity contribution in [2.24, 2.45) is 0 Å². The molecule has 2 N–H and O–H groups in total. The molecule has 3 rings (SSSR count). The van der Waals surface area contributed by atoms with E-state index in [9.17, 15) is 0 Å². The maximum absolute atomic E-state index is 5.78. The minimum absolute atomic E-state index is 0.707. The average molecular weight is 300 g/mol. The van der Waals surface area contributed by atoms with Gasteiger partial charge in [-0.05, 0) is 37.1 Å². The smallest absolute Gasteiger partial charge is 0.180 e. The van der Waals surface area contributed by atoms with E-state index in [0.29, 0.717) is 5.13 Å². The van der Waals surface area contributed by atoms with E-state index >= 15 is 0 Å². The largest absolute Gasteiger partial charge is 0.375 e. The van der Waals surface area contributed by atoms with Crippen LogP contribution in [0.4, 0.5) is 5.13 Å². The molecule has 0 fully saturated rings. The highest BCUT2D eigenvalue weighted by atomic mass is 32.1. The standard InChI is InChI=1S/C16H20N4S/c1-12-4-7-18-13(11-12)3-2-8-20-9-5-14-15(6-10-20)21-16(17)19-14/h2-4,7,11H,5-6,8-10H2,1H3,(H2,17,19). The predicted octanol–water partition coefficient (Wildman–Crippen LogP) is 2.54. The molecule has 2 aromatic heterocycles. The van der Waals surface area contributed by atoms with E-state index in [1.165, 1.54) is 16.1 Å². The van der Waals surface area contributed by atoms with E-state index in [2.05, 4.69) is 40.0 Å². The zero-order valence-corrected chi connectivity index (χ0v) is 13.1. The average Bonchev–Trinajstić information content (AvgIpc) is 2.71. The number of hydrogen-bond donors (Lipinski definition) is 1. The van der Waals surface area contributed by atoms with Gasteiger partial charge in [0.2, 0.25) is 0 Å². The monoisotopic (exact) mass is 300 g/mol. The van der Waals surface area contributed by atoms with Crippen LogP contribution in [0.3, 0.4) is 0 Å². The van der Waals surface area contributed by atoms with E-state index in [1.807, 2.05) is 12.3 Å². The van der Waals surface area contributed by atoms with Crippen molar-refractivity contribution in [1.82, 2.24) is 14.9 Å². The molecule has 2 aromatic rings. The van der Waals surface area contributed by atoms with Crippen molar-refractivity contribution in [1.29, 1.82) is 0 Å². The van der Waals surface area contributed by atoms with Crippen LogP contribution in [0.5, 0.6) is 0 Å². The SMILES string of the molecule is Cc1ccnc(C=CCN2CCc3nc(N)sc3CC2)c1. The third kappa shape index (κ3) is 3.68. The number of aromatic nitrogens is 2. The van der Waals surface area contributed by atoms with Gasteiger partial charge in [-0.2, -0.15) is 0 Å². The molecule has 4 nitrogen and oxygen atoms in total. The Balaban J connectivity index is 1.56. The lowest BCUT2D eigenvalue weighted by Gasteiger charge is -2.17. The van der Waals surface area contributed by atoms with Gasteiger partial charge in [-0.25, -0.2) is 4.98 Å². The van der Waals surface area contributed by atoms with Crippen LogP contribution in [0.2, 0.25) is 0 Å². The topological polar surface area (TPSA) is 55.0 Å². The highest BCUT2D eigenvalue weighted by molar-refractivity contribution is 7.15. The van der Waals surface area contributed by atoms with E-state index in [1.54, 1.807) is 11.3 Å². The van der Waals surface area contributed by atoms with Crippen molar-refractivity contribution < 1.29 is 0 Å². The van der Waals surface area contributed by atoms with E-state index in [-0.39, 0.29) is 0 Å². The molecule has 0 spiro atoms. The number of anilines is 1. The fourth-order valence-electron chi connectivity index (χ4n) is 2.59. The van der Waals surface area contributed by atoms with Gasteiger partial charge >= 0.3 is 0 Å². The van der Waals surface area contributed by atoms with Crippen molar-refractivity contribution >= 4 is 22.5 Å². The molecule has 0 aliphatic carbocycles. The number of rotatable bonds is 3. The van der Waals surface area contributed by atoms with Crippen LogP contribution in [-0.4, -0.2) is 34.5 Å². The van der Waals surface area contributed by atoms with Gasteiger partial charge < -0.3 is 5.73 Å². The summed E-state index contributed by atoms with van der Waals surface area (Å²) in [4.78, 5) is 12.6. The van der Waals surface area contributed by atoms with Crippen LogP contribution in [0.15, 0.2) is 24.4 Å². The molecule has 0 aromatic carbocycles. The van der Waals surface area contributed by atoms with Gasteiger partial charge in [0.15, 0.2) is 5.13 Å². The first-order valence-electron chi connectivity index (χ1n) is 7.26. The van der Waals surface area contributed by atoms with Gasteiger partial charge in [0.05, 0.1) is 11.4 Å². The van der Waals surface area contributed by atoms with Crippen LogP contribution in [0.25, 0.3) is 6.08 Å². The molecule has 0 amide bonds. The highest BCUT2D eigenvalue weighted by Crippen LogP contribution is 2.24. The summed E-state index contributed by atoms with van der Waals surface area (Å²) in [5.74, 6) is 0. The second kappa shape index (κ2) is 6.37. The van der Waals surface area contributed by atoms with Crippen LogP contribution < -0.4 is 5.73 Å². The summed E-state index contributed by atoms with van der Waals surface area (Å²) in [6, 6.07) is 4.12. The number of hydrogen-bond acceptors (Lipinski definition) is 5. The van der Waals surface area contributed by atoms with Gasteiger partial charge in [0, 0.05) is 37.1 Å². The maximum atomic E-state index is 5.78. The summed E-state index contributed by atoms with van der Waals surface area (Å²) in [5.41, 5.74) is 9.24. The van der Waals surface area contributed by atoms with E-state index < -0.39 is 0 Å². The van der Waals surface area contributed by atoms with Crippen LogP contribution in [0.1, 0.15) is 21.8 Å². The number of pyridine rings is 1. The summed E-state index contributed by atoms with van der Waals surface area (Å²) in [5, 5.41) is 0.707. The minimum Gasteiger partial charge on any atom is -0.375 e. The molecule has 0 saturated heterocycles. The van der Waals surface area contributed by atoms with Crippen molar-refractivity contribution in [3.63, 3.8) is 0 Å². The second-order valence-electron chi connectivity index (χ2n) is 5.38. The molecule has 110 valence electrons. The Hall–Kier alpha value is -1.72. The van der Waals surface area contributed by atoms with Crippen molar-refractivity contribution in [3.8, 4) is 0 Å². The van der Waals surface area contributed by atoms with Crippen molar-refractivity contribution in [3.05, 3.63) is 46.2 Å². The number of fused-ring (bicyclic) bond motifs is 1. The summed E-state index contributed by atoms with van der Waals surface area (Å²) in [6.45, 7) is 5.16. The third-order valence-corrected chi connectivity index (χ3v) is 4.69. The predicted molar refractivity (Wildman–Crippen MR) is 88.4 cm³/mol. The molecule has 1 aliphatic rings. The summed E-state index contributed by atoms with van der Waals surface area (Å²) in [6.07, 6.45) is 8.21. The number of aryl methyl sites for hydroxylation is 1. The quantitative estimate of drug-likeness (QED) is 0.946. The summed E-state index contributed by atoms with van der Waals surface area (Å²) >= 11 is 1.64.